The van der Waals surface area contributed by atoms with Crippen LogP contribution in [-0.4, -0.2) is 25.8 Å². The van der Waals surface area contributed by atoms with Crippen molar-refractivity contribution in [1.29, 1.82) is 0 Å². The molecule has 1 rings (SSSR count). The Labute approximate surface area is 94.8 Å². The lowest BCUT2D eigenvalue weighted by Crippen LogP contribution is -2.29. The maximum atomic E-state index is 5.81. The molecule has 1 saturated carbocycles. The van der Waals surface area contributed by atoms with Crippen molar-refractivity contribution >= 4 is 0 Å². The molecule has 0 aromatic rings. The maximum absolute atomic E-state index is 5.81. The van der Waals surface area contributed by atoms with Crippen LogP contribution in [-0.2, 0) is 4.74 Å². The predicted octanol–water partition coefficient (Wildman–Crippen LogP) is 2.97. The van der Waals surface area contributed by atoms with Gasteiger partial charge in [0.25, 0.3) is 0 Å². The van der Waals surface area contributed by atoms with Crippen LogP contribution in [0.3, 0.4) is 0 Å². The van der Waals surface area contributed by atoms with E-state index < -0.39 is 0 Å². The SMILES string of the molecule is CCCC(C)OCCC1CCCC1NC. The summed E-state index contributed by atoms with van der Waals surface area (Å²) in [5.74, 6) is 0.851. The van der Waals surface area contributed by atoms with Gasteiger partial charge in [0.05, 0.1) is 6.10 Å². The first-order chi connectivity index (χ1) is 7.27. The van der Waals surface area contributed by atoms with Gasteiger partial charge in [-0.3, -0.25) is 0 Å². The molecule has 1 N–H and O–H groups in total. The Hall–Kier alpha value is -0.0800. The van der Waals surface area contributed by atoms with Crippen LogP contribution in [0.5, 0.6) is 0 Å². The highest BCUT2D eigenvalue weighted by Gasteiger charge is 2.25. The van der Waals surface area contributed by atoms with Gasteiger partial charge in [0.1, 0.15) is 0 Å². The Balaban J connectivity index is 2.08. The van der Waals surface area contributed by atoms with Crippen molar-refractivity contribution in [2.75, 3.05) is 13.7 Å². The van der Waals surface area contributed by atoms with Gasteiger partial charge >= 0.3 is 0 Å². The second-order valence-electron chi connectivity index (χ2n) is 4.84. The van der Waals surface area contributed by atoms with Crippen LogP contribution in [0.25, 0.3) is 0 Å². The fourth-order valence-electron chi connectivity index (χ4n) is 2.67. The summed E-state index contributed by atoms with van der Waals surface area (Å²) in [6.45, 7) is 5.35. The van der Waals surface area contributed by atoms with E-state index in [2.05, 4.69) is 26.2 Å². The maximum Gasteiger partial charge on any atom is 0.0546 e. The molecule has 1 aliphatic carbocycles. The Kier molecular flexibility index (Phi) is 6.26. The van der Waals surface area contributed by atoms with E-state index in [-0.39, 0.29) is 0 Å². The fraction of sp³-hybridized carbons (Fsp3) is 1.00. The van der Waals surface area contributed by atoms with Gasteiger partial charge in [-0.25, -0.2) is 0 Å². The molecule has 0 radical (unpaired) electrons. The van der Waals surface area contributed by atoms with Crippen LogP contribution in [0.1, 0.15) is 52.4 Å². The first-order valence-electron chi connectivity index (χ1n) is 6.56. The fourth-order valence-corrected chi connectivity index (χ4v) is 2.67. The lowest BCUT2D eigenvalue weighted by molar-refractivity contribution is 0.0493. The molecule has 15 heavy (non-hydrogen) atoms. The molecule has 3 atom stereocenters. The van der Waals surface area contributed by atoms with E-state index in [9.17, 15) is 0 Å². The Morgan fingerprint density at radius 3 is 2.87 bits per heavy atom. The van der Waals surface area contributed by atoms with Gasteiger partial charge in [-0.05, 0) is 45.6 Å². The largest absolute Gasteiger partial charge is 0.378 e. The van der Waals surface area contributed by atoms with E-state index >= 15 is 0 Å². The predicted molar refractivity (Wildman–Crippen MR) is 65.1 cm³/mol. The zero-order valence-electron chi connectivity index (χ0n) is 10.6. The van der Waals surface area contributed by atoms with E-state index in [0.29, 0.717) is 6.10 Å². The summed E-state index contributed by atoms with van der Waals surface area (Å²) in [5, 5.41) is 3.42. The Morgan fingerprint density at radius 1 is 1.40 bits per heavy atom. The molecule has 0 saturated heterocycles. The average molecular weight is 213 g/mol. The van der Waals surface area contributed by atoms with Gasteiger partial charge in [-0.2, -0.15) is 0 Å². The molecule has 0 spiro atoms. The molecule has 1 fully saturated rings. The molecule has 0 amide bonds. The van der Waals surface area contributed by atoms with Crippen molar-refractivity contribution in [3.8, 4) is 0 Å². The van der Waals surface area contributed by atoms with Crippen LogP contribution >= 0.6 is 0 Å². The highest BCUT2D eigenvalue weighted by atomic mass is 16.5. The van der Waals surface area contributed by atoms with Crippen LogP contribution < -0.4 is 5.32 Å². The summed E-state index contributed by atoms with van der Waals surface area (Å²) in [6.07, 6.45) is 8.23. The first-order valence-corrected chi connectivity index (χ1v) is 6.56. The molecule has 2 nitrogen and oxygen atoms in total. The highest BCUT2D eigenvalue weighted by molar-refractivity contribution is 4.81. The standard InChI is InChI=1S/C13H27NO/c1-4-6-11(2)15-10-9-12-7-5-8-13(12)14-3/h11-14H,4-10H2,1-3H3. The quantitative estimate of drug-likeness (QED) is 0.702. The molecule has 90 valence electrons. The minimum atomic E-state index is 0.449. The zero-order valence-corrected chi connectivity index (χ0v) is 10.6. The van der Waals surface area contributed by atoms with E-state index in [0.717, 1.165) is 18.6 Å². The molecular formula is C13H27NO. The van der Waals surface area contributed by atoms with Crippen molar-refractivity contribution in [2.24, 2.45) is 5.92 Å². The van der Waals surface area contributed by atoms with Crippen molar-refractivity contribution in [1.82, 2.24) is 5.32 Å². The summed E-state index contributed by atoms with van der Waals surface area (Å²) < 4.78 is 5.81. The second-order valence-corrected chi connectivity index (χ2v) is 4.84. The van der Waals surface area contributed by atoms with Gasteiger partial charge in [0, 0.05) is 12.6 Å². The molecule has 2 heteroatoms. The van der Waals surface area contributed by atoms with E-state index in [4.69, 9.17) is 4.74 Å². The second kappa shape index (κ2) is 7.24. The molecule has 0 heterocycles. The molecule has 0 aromatic carbocycles. The molecular weight excluding hydrogens is 186 g/mol. The molecule has 1 aliphatic rings. The third kappa shape index (κ3) is 4.52. The molecule has 3 unspecified atom stereocenters. The van der Waals surface area contributed by atoms with Gasteiger partial charge in [0.15, 0.2) is 0 Å². The molecule has 0 bridgehead atoms. The van der Waals surface area contributed by atoms with Gasteiger partial charge < -0.3 is 10.1 Å². The summed E-state index contributed by atoms with van der Waals surface area (Å²) in [7, 11) is 2.09. The smallest absolute Gasteiger partial charge is 0.0546 e. The van der Waals surface area contributed by atoms with Crippen LogP contribution in [0.4, 0.5) is 0 Å². The summed E-state index contributed by atoms with van der Waals surface area (Å²) in [6, 6.07) is 0.745. The van der Waals surface area contributed by atoms with Crippen LogP contribution in [0.2, 0.25) is 0 Å². The molecule has 0 aliphatic heterocycles. The third-order valence-corrected chi connectivity index (χ3v) is 3.62. The van der Waals surface area contributed by atoms with Gasteiger partial charge in [-0.1, -0.05) is 19.8 Å². The van der Waals surface area contributed by atoms with Gasteiger partial charge in [-0.15, -0.1) is 0 Å². The third-order valence-electron chi connectivity index (χ3n) is 3.62. The minimum Gasteiger partial charge on any atom is -0.378 e. The minimum absolute atomic E-state index is 0.449. The lowest BCUT2D eigenvalue weighted by atomic mass is 10.0. The van der Waals surface area contributed by atoms with E-state index in [1.165, 1.54) is 38.5 Å². The number of hydrogen-bond acceptors (Lipinski definition) is 2. The lowest BCUT2D eigenvalue weighted by Gasteiger charge is -2.20. The van der Waals surface area contributed by atoms with Crippen molar-refractivity contribution < 1.29 is 4.74 Å². The summed E-state index contributed by atoms with van der Waals surface area (Å²) in [5.41, 5.74) is 0. The number of nitrogens with one attached hydrogen (secondary N) is 1. The average Bonchev–Trinajstić information content (AvgIpc) is 2.66. The highest BCUT2D eigenvalue weighted by Crippen LogP contribution is 2.28. The van der Waals surface area contributed by atoms with E-state index in [1.807, 2.05) is 0 Å². The number of ether oxygens (including phenoxy) is 1. The topological polar surface area (TPSA) is 21.3 Å². The first kappa shape index (κ1) is 13.0. The monoisotopic (exact) mass is 213 g/mol. The number of hydrogen-bond donors (Lipinski definition) is 1. The van der Waals surface area contributed by atoms with Crippen LogP contribution in [0.15, 0.2) is 0 Å². The van der Waals surface area contributed by atoms with Crippen molar-refractivity contribution in [3.05, 3.63) is 0 Å². The summed E-state index contributed by atoms with van der Waals surface area (Å²) >= 11 is 0. The van der Waals surface area contributed by atoms with Gasteiger partial charge in [0.2, 0.25) is 0 Å². The van der Waals surface area contributed by atoms with Crippen LogP contribution in [0, 0.1) is 5.92 Å². The molecule has 0 aromatic heterocycles. The van der Waals surface area contributed by atoms with E-state index in [1.54, 1.807) is 0 Å². The number of rotatable bonds is 7. The van der Waals surface area contributed by atoms with Crippen molar-refractivity contribution in [3.63, 3.8) is 0 Å². The Morgan fingerprint density at radius 2 is 2.20 bits per heavy atom. The normalized spacial score (nSPS) is 28.2. The summed E-state index contributed by atoms with van der Waals surface area (Å²) in [4.78, 5) is 0. The van der Waals surface area contributed by atoms with Crippen molar-refractivity contribution in [2.45, 2.75) is 64.5 Å². The Bertz CT molecular complexity index is 161. The zero-order chi connectivity index (χ0) is 11.1.